The Kier molecular flexibility index (Phi) is 4.19. The summed E-state index contributed by atoms with van der Waals surface area (Å²) in [7, 11) is 4.01. The summed E-state index contributed by atoms with van der Waals surface area (Å²) in [6, 6.07) is 8.04. The van der Waals surface area contributed by atoms with Gasteiger partial charge in [0.1, 0.15) is 0 Å². The van der Waals surface area contributed by atoms with Crippen LogP contribution < -0.4 is 16.2 Å². The van der Waals surface area contributed by atoms with E-state index < -0.39 is 0 Å². The molecule has 0 amide bonds. The van der Waals surface area contributed by atoms with Crippen molar-refractivity contribution in [3.63, 3.8) is 0 Å². The van der Waals surface area contributed by atoms with Crippen LogP contribution in [0.15, 0.2) is 29.4 Å². The van der Waals surface area contributed by atoms with E-state index in [1.807, 2.05) is 50.2 Å². The van der Waals surface area contributed by atoms with Crippen LogP contribution in [0.3, 0.4) is 0 Å². The first kappa shape index (κ1) is 13.9. The Morgan fingerprint density at radius 3 is 2.55 bits per heavy atom. The van der Waals surface area contributed by atoms with Crippen LogP contribution in [-0.4, -0.2) is 35.2 Å². The number of hydrazone groups is 1. The van der Waals surface area contributed by atoms with Gasteiger partial charge in [0.25, 0.3) is 5.95 Å². The molecule has 0 fully saturated rings. The lowest BCUT2D eigenvalue weighted by molar-refractivity contribution is 0.855. The van der Waals surface area contributed by atoms with Crippen LogP contribution in [0, 0.1) is 0 Å². The Hall–Kier alpha value is -2.57. The second-order valence-corrected chi connectivity index (χ2v) is 4.52. The van der Waals surface area contributed by atoms with E-state index in [2.05, 4.69) is 20.7 Å². The number of aryl methyl sites for hydroxylation is 1. The van der Waals surface area contributed by atoms with Crippen LogP contribution in [-0.2, 0) is 6.42 Å². The van der Waals surface area contributed by atoms with Gasteiger partial charge < -0.3 is 10.7 Å². The number of nitrogens with zero attached hydrogens (tertiary/aromatic N) is 5. The van der Waals surface area contributed by atoms with Crippen molar-refractivity contribution in [1.29, 1.82) is 0 Å². The number of hydrogen-bond donors (Lipinski definition) is 2. The van der Waals surface area contributed by atoms with E-state index in [1.165, 1.54) is 4.68 Å². The first-order valence-corrected chi connectivity index (χ1v) is 6.37. The molecule has 0 atom stereocenters. The van der Waals surface area contributed by atoms with Gasteiger partial charge in [-0.15, -0.1) is 10.2 Å². The van der Waals surface area contributed by atoms with Crippen molar-refractivity contribution in [3.8, 4) is 0 Å². The number of aromatic nitrogens is 3. The Labute approximate surface area is 118 Å². The summed E-state index contributed by atoms with van der Waals surface area (Å²) < 4.78 is 1.40. The molecule has 0 aliphatic carbocycles. The van der Waals surface area contributed by atoms with Crippen molar-refractivity contribution in [2.75, 3.05) is 30.3 Å². The maximum atomic E-state index is 5.80. The van der Waals surface area contributed by atoms with Gasteiger partial charge in [-0.05, 0) is 17.7 Å². The van der Waals surface area contributed by atoms with Crippen molar-refractivity contribution >= 4 is 17.9 Å². The standard InChI is InChI=1S/C13H19N7/c1-4-12-16-18-13(20(12)14)17-15-9-10-5-7-11(8-6-10)19(2)3/h5-9H,4,14H2,1-3H3,(H,17,18)/b15-9-. The average Bonchev–Trinajstić information content (AvgIpc) is 2.80. The number of nitrogens with one attached hydrogen (secondary N) is 1. The Balaban J connectivity index is 2.00. The number of hydrogen-bond acceptors (Lipinski definition) is 6. The number of nitrogens with two attached hydrogens (primary N) is 1. The predicted molar refractivity (Wildman–Crippen MR) is 81.5 cm³/mol. The molecular weight excluding hydrogens is 254 g/mol. The maximum absolute atomic E-state index is 5.80. The fourth-order valence-electron chi connectivity index (χ4n) is 1.66. The van der Waals surface area contributed by atoms with Gasteiger partial charge in [-0.3, -0.25) is 0 Å². The van der Waals surface area contributed by atoms with E-state index in [1.54, 1.807) is 6.21 Å². The highest BCUT2D eigenvalue weighted by atomic mass is 15.5. The molecule has 0 saturated carbocycles. The smallest absolute Gasteiger partial charge is 0.263 e. The highest BCUT2D eigenvalue weighted by molar-refractivity contribution is 5.80. The Morgan fingerprint density at radius 1 is 1.30 bits per heavy atom. The van der Waals surface area contributed by atoms with Gasteiger partial charge in [0.2, 0.25) is 0 Å². The molecule has 1 aromatic carbocycles. The van der Waals surface area contributed by atoms with Crippen LogP contribution in [0.2, 0.25) is 0 Å². The summed E-state index contributed by atoms with van der Waals surface area (Å²) in [6.45, 7) is 1.97. The highest BCUT2D eigenvalue weighted by Crippen LogP contribution is 2.11. The van der Waals surface area contributed by atoms with E-state index in [-0.39, 0.29) is 0 Å². The molecular formula is C13H19N7. The highest BCUT2D eigenvalue weighted by Gasteiger charge is 2.05. The van der Waals surface area contributed by atoms with Gasteiger partial charge in [-0.2, -0.15) is 5.10 Å². The third-order valence-corrected chi connectivity index (χ3v) is 2.87. The summed E-state index contributed by atoms with van der Waals surface area (Å²) in [6.07, 6.45) is 2.43. The van der Waals surface area contributed by atoms with E-state index in [0.717, 1.165) is 17.7 Å². The number of benzene rings is 1. The Bertz CT molecular complexity index is 583. The van der Waals surface area contributed by atoms with Crippen molar-refractivity contribution in [3.05, 3.63) is 35.7 Å². The molecule has 0 spiro atoms. The first-order valence-electron chi connectivity index (χ1n) is 6.37. The zero-order valence-corrected chi connectivity index (χ0v) is 11.9. The largest absolute Gasteiger partial charge is 0.378 e. The van der Waals surface area contributed by atoms with Gasteiger partial charge >= 0.3 is 0 Å². The zero-order valence-electron chi connectivity index (χ0n) is 11.9. The molecule has 20 heavy (non-hydrogen) atoms. The monoisotopic (exact) mass is 273 g/mol. The third-order valence-electron chi connectivity index (χ3n) is 2.87. The van der Waals surface area contributed by atoms with Crippen LogP contribution >= 0.6 is 0 Å². The molecule has 3 N–H and O–H groups in total. The summed E-state index contributed by atoms with van der Waals surface area (Å²) >= 11 is 0. The number of rotatable bonds is 5. The summed E-state index contributed by atoms with van der Waals surface area (Å²) in [5.41, 5.74) is 4.91. The molecule has 2 rings (SSSR count). The van der Waals surface area contributed by atoms with Crippen LogP contribution in [0.5, 0.6) is 0 Å². The minimum atomic E-state index is 0.419. The molecule has 0 unspecified atom stereocenters. The summed E-state index contributed by atoms with van der Waals surface area (Å²) in [4.78, 5) is 2.04. The lowest BCUT2D eigenvalue weighted by Crippen LogP contribution is -2.14. The molecule has 106 valence electrons. The third kappa shape index (κ3) is 3.05. The second-order valence-electron chi connectivity index (χ2n) is 4.52. The summed E-state index contributed by atoms with van der Waals surface area (Å²) in [5, 5.41) is 12.0. The van der Waals surface area contributed by atoms with Gasteiger partial charge in [-0.25, -0.2) is 10.1 Å². The molecule has 0 radical (unpaired) electrons. The van der Waals surface area contributed by atoms with Gasteiger partial charge in [0, 0.05) is 26.2 Å². The molecule has 0 bridgehead atoms. The fourth-order valence-corrected chi connectivity index (χ4v) is 1.66. The fraction of sp³-hybridized carbons (Fsp3) is 0.308. The van der Waals surface area contributed by atoms with Gasteiger partial charge in [-0.1, -0.05) is 19.1 Å². The molecule has 0 aliphatic rings. The lowest BCUT2D eigenvalue weighted by atomic mass is 10.2. The average molecular weight is 273 g/mol. The van der Waals surface area contributed by atoms with E-state index in [0.29, 0.717) is 11.8 Å². The molecule has 1 heterocycles. The van der Waals surface area contributed by atoms with Crippen LogP contribution in [0.25, 0.3) is 0 Å². The van der Waals surface area contributed by atoms with Crippen molar-refractivity contribution < 1.29 is 0 Å². The minimum absolute atomic E-state index is 0.419. The molecule has 7 heteroatoms. The van der Waals surface area contributed by atoms with E-state index in [4.69, 9.17) is 5.84 Å². The van der Waals surface area contributed by atoms with E-state index in [9.17, 15) is 0 Å². The van der Waals surface area contributed by atoms with E-state index >= 15 is 0 Å². The second kappa shape index (κ2) is 6.05. The van der Waals surface area contributed by atoms with Crippen LogP contribution in [0.4, 0.5) is 11.6 Å². The predicted octanol–water partition coefficient (Wildman–Crippen LogP) is 1.07. The Morgan fingerprint density at radius 2 is 2.00 bits per heavy atom. The van der Waals surface area contributed by atoms with Gasteiger partial charge in [0.15, 0.2) is 5.82 Å². The van der Waals surface area contributed by atoms with Crippen molar-refractivity contribution in [1.82, 2.24) is 14.9 Å². The van der Waals surface area contributed by atoms with Crippen molar-refractivity contribution in [2.45, 2.75) is 13.3 Å². The SMILES string of the molecule is CCc1nnc(N/N=C\c2ccc(N(C)C)cc2)n1N. The quantitative estimate of drug-likeness (QED) is 0.483. The lowest BCUT2D eigenvalue weighted by Gasteiger charge is -2.11. The minimum Gasteiger partial charge on any atom is -0.378 e. The molecule has 0 aliphatic heterocycles. The molecule has 2 aromatic rings. The van der Waals surface area contributed by atoms with Crippen molar-refractivity contribution in [2.24, 2.45) is 5.10 Å². The van der Waals surface area contributed by atoms with Crippen LogP contribution in [0.1, 0.15) is 18.3 Å². The summed E-state index contributed by atoms with van der Waals surface area (Å²) in [5.74, 6) is 6.92. The number of nitrogen functional groups attached to an aromatic ring is 1. The maximum Gasteiger partial charge on any atom is 0.263 e. The molecule has 1 aromatic heterocycles. The first-order chi connectivity index (χ1) is 9.61. The molecule has 7 nitrogen and oxygen atoms in total. The normalized spacial score (nSPS) is 10.9. The zero-order chi connectivity index (χ0) is 14.5. The topological polar surface area (TPSA) is 84.4 Å². The molecule has 0 saturated heterocycles. The number of anilines is 2. The van der Waals surface area contributed by atoms with Gasteiger partial charge in [0.05, 0.1) is 6.21 Å².